The van der Waals surface area contributed by atoms with Gasteiger partial charge in [0, 0.05) is 16.8 Å². The first-order valence-electron chi connectivity index (χ1n) is 4.41. The van der Waals surface area contributed by atoms with Crippen LogP contribution in [0.5, 0.6) is 0 Å². The zero-order valence-electron chi connectivity index (χ0n) is 8.54. The predicted octanol–water partition coefficient (Wildman–Crippen LogP) is 2.23. The Balaban J connectivity index is 2.90. The molecular weight excluding hydrogens is 317 g/mol. The van der Waals surface area contributed by atoms with Crippen LogP contribution in [0.3, 0.4) is 0 Å². The van der Waals surface area contributed by atoms with Gasteiger partial charge in [0.2, 0.25) is 10.0 Å². The summed E-state index contributed by atoms with van der Waals surface area (Å²) in [7, 11) is -3.74. The molecule has 1 aromatic rings. The molecule has 0 unspecified atom stereocenters. The van der Waals surface area contributed by atoms with Crippen molar-refractivity contribution in [2.24, 2.45) is 0 Å². The van der Waals surface area contributed by atoms with E-state index in [1.165, 1.54) is 23.9 Å². The predicted molar refractivity (Wildman–Crippen MR) is 67.7 cm³/mol. The molecule has 0 fully saturated rings. The molecule has 0 heterocycles. The van der Waals surface area contributed by atoms with Gasteiger partial charge in [0.05, 0.1) is 0 Å². The number of benzene rings is 1. The Hall–Kier alpha value is -0.110. The van der Waals surface area contributed by atoms with Crippen molar-refractivity contribution in [3.63, 3.8) is 0 Å². The molecule has 16 heavy (non-hydrogen) atoms. The highest BCUT2D eigenvalue weighted by Crippen LogP contribution is 2.19. The molecule has 0 atom stereocenters. The number of nitrogens with one attached hydrogen (secondary N) is 1. The second kappa shape index (κ2) is 6.00. The van der Waals surface area contributed by atoms with Gasteiger partial charge < -0.3 is 0 Å². The molecule has 1 rings (SSSR count). The van der Waals surface area contributed by atoms with Gasteiger partial charge in [0.15, 0.2) is 0 Å². The van der Waals surface area contributed by atoms with E-state index in [0.717, 1.165) is 6.07 Å². The summed E-state index contributed by atoms with van der Waals surface area (Å²) in [6.07, 6.45) is 1.87. The molecule has 0 radical (unpaired) electrons. The highest BCUT2D eigenvalue weighted by molar-refractivity contribution is 9.10. The Kier molecular flexibility index (Phi) is 5.23. The number of hydrogen-bond donors (Lipinski definition) is 1. The van der Waals surface area contributed by atoms with E-state index in [0.29, 0.717) is 16.8 Å². The first kappa shape index (κ1) is 14.0. The summed E-state index contributed by atoms with van der Waals surface area (Å²) >= 11 is 4.58. The van der Waals surface area contributed by atoms with Gasteiger partial charge in [-0.3, -0.25) is 0 Å². The standard InChI is InChI=1S/C9H11BrFNO2S2/c1-15-5-4-12-16(13,14)9-3-2-7(10)6-8(9)11/h2-3,6,12H,4-5H2,1H3. The molecule has 0 aromatic heterocycles. The SMILES string of the molecule is CSCCNS(=O)(=O)c1ccc(Br)cc1F. The van der Waals surface area contributed by atoms with Crippen LogP contribution in [-0.2, 0) is 10.0 Å². The maximum Gasteiger partial charge on any atom is 0.243 e. The first-order chi connectivity index (χ1) is 7.47. The summed E-state index contributed by atoms with van der Waals surface area (Å²) in [5.74, 6) is -0.108. The van der Waals surface area contributed by atoms with Crippen LogP contribution in [0.15, 0.2) is 27.6 Å². The summed E-state index contributed by atoms with van der Waals surface area (Å²) in [4.78, 5) is -0.322. The van der Waals surface area contributed by atoms with Crippen LogP contribution in [-0.4, -0.2) is 27.0 Å². The monoisotopic (exact) mass is 327 g/mol. The molecular formula is C9H11BrFNO2S2. The molecule has 3 nitrogen and oxygen atoms in total. The van der Waals surface area contributed by atoms with E-state index >= 15 is 0 Å². The number of rotatable bonds is 5. The van der Waals surface area contributed by atoms with Crippen LogP contribution >= 0.6 is 27.7 Å². The van der Waals surface area contributed by atoms with Crippen LogP contribution in [0.4, 0.5) is 4.39 Å². The van der Waals surface area contributed by atoms with Gasteiger partial charge in [-0.05, 0) is 24.5 Å². The second-order valence-electron chi connectivity index (χ2n) is 2.97. The maximum absolute atomic E-state index is 13.4. The van der Waals surface area contributed by atoms with Crippen LogP contribution < -0.4 is 4.72 Å². The summed E-state index contributed by atoms with van der Waals surface area (Å²) in [5.41, 5.74) is 0. The van der Waals surface area contributed by atoms with Crippen molar-refractivity contribution in [2.45, 2.75) is 4.90 Å². The van der Waals surface area contributed by atoms with Gasteiger partial charge in [-0.25, -0.2) is 17.5 Å². The van der Waals surface area contributed by atoms with E-state index in [4.69, 9.17) is 0 Å². The number of hydrogen-bond acceptors (Lipinski definition) is 3. The van der Waals surface area contributed by atoms with Gasteiger partial charge in [-0.15, -0.1) is 0 Å². The lowest BCUT2D eigenvalue weighted by molar-refractivity contribution is 0.558. The molecule has 0 aliphatic heterocycles. The minimum Gasteiger partial charge on any atom is -0.210 e. The second-order valence-corrected chi connectivity index (χ2v) is 6.60. The first-order valence-corrected chi connectivity index (χ1v) is 8.08. The summed E-state index contributed by atoms with van der Waals surface area (Å²) in [6, 6.07) is 3.86. The molecule has 0 saturated carbocycles. The summed E-state index contributed by atoms with van der Waals surface area (Å²) in [6.45, 7) is 0.291. The number of halogens is 2. The van der Waals surface area contributed by atoms with Crippen molar-refractivity contribution in [2.75, 3.05) is 18.6 Å². The van der Waals surface area contributed by atoms with Gasteiger partial charge in [0.25, 0.3) is 0 Å². The summed E-state index contributed by atoms with van der Waals surface area (Å²) < 4.78 is 39.6. The maximum atomic E-state index is 13.4. The van der Waals surface area contributed by atoms with E-state index in [2.05, 4.69) is 20.7 Å². The zero-order valence-corrected chi connectivity index (χ0v) is 11.8. The Morgan fingerprint density at radius 1 is 1.50 bits per heavy atom. The topological polar surface area (TPSA) is 46.2 Å². The normalized spacial score (nSPS) is 11.7. The van der Waals surface area contributed by atoms with E-state index in [1.807, 2.05) is 6.26 Å². The Morgan fingerprint density at radius 2 is 2.19 bits per heavy atom. The molecule has 90 valence electrons. The van der Waals surface area contributed by atoms with Gasteiger partial charge in [-0.1, -0.05) is 15.9 Å². The zero-order chi connectivity index (χ0) is 12.2. The molecule has 0 spiro atoms. The lowest BCUT2D eigenvalue weighted by atomic mass is 10.3. The minimum atomic E-state index is -3.74. The third-order valence-corrected chi connectivity index (χ3v) is 4.38. The Morgan fingerprint density at radius 3 is 2.75 bits per heavy atom. The van der Waals surface area contributed by atoms with Crippen molar-refractivity contribution >= 4 is 37.7 Å². The van der Waals surface area contributed by atoms with E-state index < -0.39 is 15.8 Å². The molecule has 0 saturated heterocycles. The highest BCUT2D eigenvalue weighted by atomic mass is 79.9. The molecule has 0 aliphatic carbocycles. The summed E-state index contributed by atoms with van der Waals surface area (Å²) in [5, 5.41) is 0. The highest BCUT2D eigenvalue weighted by Gasteiger charge is 2.18. The number of sulfonamides is 1. The molecule has 7 heteroatoms. The smallest absolute Gasteiger partial charge is 0.210 e. The van der Waals surface area contributed by atoms with Crippen LogP contribution in [0, 0.1) is 5.82 Å². The van der Waals surface area contributed by atoms with E-state index in [9.17, 15) is 12.8 Å². The van der Waals surface area contributed by atoms with Crippen LogP contribution in [0.1, 0.15) is 0 Å². The lowest BCUT2D eigenvalue weighted by Gasteiger charge is -2.07. The average Bonchev–Trinajstić information content (AvgIpc) is 2.17. The molecule has 1 aromatic carbocycles. The van der Waals surface area contributed by atoms with Crippen molar-refractivity contribution in [1.82, 2.24) is 4.72 Å². The van der Waals surface area contributed by atoms with Crippen LogP contribution in [0.2, 0.25) is 0 Å². The van der Waals surface area contributed by atoms with Crippen molar-refractivity contribution in [3.8, 4) is 0 Å². The fourth-order valence-electron chi connectivity index (χ4n) is 1.05. The molecule has 0 amide bonds. The minimum absolute atomic E-state index is 0.291. The third-order valence-electron chi connectivity index (χ3n) is 1.78. The Labute approximate surface area is 107 Å². The van der Waals surface area contributed by atoms with Gasteiger partial charge in [0.1, 0.15) is 10.7 Å². The van der Waals surface area contributed by atoms with Gasteiger partial charge >= 0.3 is 0 Å². The average molecular weight is 328 g/mol. The van der Waals surface area contributed by atoms with Crippen LogP contribution in [0.25, 0.3) is 0 Å². The fourth-order valence-corrected chi connectivity index (χ4v) is 2.91. The van der Waals surface area contributed by atoms with Crippen molar-refractivity contribution < 1.29 is 12.8 Å². The third kappa shape index (κ3) is 3.73. The molecule has 0 bridgehead atoms. The molecule has 1 N–H and O–H groups in total. The van der Waals surface area contributed by atoms with E-state index in [1.54, 1.807) is 0 Å². The molecule has 0 aliphatic rings. The van der Waals surface area contributed by atoms with Crippen molar-refractivity contribution in [3.05, 3.63) is 28.5 Å². The van der Waals surface area contributed by atoms with Crippen molar-refractivity contribution in [1.29, 1.82) is 0 Å². The van der Waals surface area contributed by atoms with E-state index in [-0.39, 0.29) is 4.90 Å². The Bertz CT molecular complexity index is 465. The quantitative estimate of drug-likeness (QED) is 0.843. The number of thioether (sulfide) groups is 1. The van der Waals surface area contributed by atoms with Gasteiger partial charge in [-0.2, -0.15) is 11.8 Å². The largest absolute Gasteiger partial charge is 0.243 e. The fraction of sp³-hybridized carbons (Fsp3) is 0.333. The lowest BCUT2D eigenvalue weighted by Crippen LogP contribution is -2.26.